The molecule has 0 fully saturated rings. The van der Waals surface area contributed by atoms with E-state index in [1.54, 1.807) is 75.6 Å². The molecule has 0 bridgehead atoms. The van der Waals surface area contributed by atoms with Crippen LogP contribution in [0.5, 0.6) is 0 Å². The van der Waals surface area contributed by atoms with E-state index in [-0.39, 0.29) is 18.2 Å². The lowest BCUT2D eigenvalue weighted by atomic mass is 10.1. The van der Waals surface area contributed by atoms with E-state index < -0.39 is 11.7 Å². The van der Waals surface area contributed by atoms with Gasteiger partial charge >= 0.3 is 6.09 Å². The molecule has 1 heterocycles. The van der Waals surface area contributed by atoms with Crippen molar-refractivity contribution in [3.05, 3.63) is 89.7 Å². The van der Waals surface area contributed by atoms with E-state index >= 15 is 0 Å². The minimum absolute atomic E-state index is 0.0624. The normalized spacial score (nSPS) is 10.8. The number of anilines is 2. The van der Waals surface area contributed by atoms with Crippen molar-refractivity contribution < 1.29 is 19.1 Å². The number of hydrogen-bond acceptors (Lipinski definition) is 5. The molecule has 0 aliphatic heterocycles. The van der Waals surface area contributed by atoms with Gasteiger partial charge in [-0.25, -0.2) is 4.79 Å². The van der Waals surface area contributed by atoms with Gasteiger partial charge < -0.3 is 15.4 Å². The molecule has 0 aliphatic rings. The number of carbonyl (C=O) groups excluding carboxylic acids is 3. The fourth-order valence-electron chi connectivity index (χ4n) is 3.23. The van der Waals surface area contributed by atoms with Crippen LogP contribution in [-0.4, -0.2) is 35.0 Å². The zero-order valence-electron chi connectivity index (χ0n) is 20.1. The maximum Gasteiger partial charge on any atom is 0.412 e. The van der Waals surface area contributed by atoms with Gasteiger partial charge in [0.2, 0.25) is 5.91 Å². The van der Waals surface area contributed by atoms with Crippen LogP contribution in [0.15, 0.2) is 73.1 Å². The van der Waals surface area contributed by atoms with Crippen LogP contribution in [-0.2, 0) is 22.4 Å². The van der Waals surface area contributed by atoms with Gasteiger partial charge in [0.15, 0.2) is 0 Å². The second-order valence-electron chi connectivity index (χ2n) is 8.96. The Kier molecular flexibility index (Phi) is 8.56. The Hall–Kier alpha value is -4.20. The number of ether oxygens (including phenoxy) is 1. The summed E-state index contributed by atoms with van der Waals surface area (Å²) in [6, 6.07) is 17.7. The highest BCUT2D eigenvalue weighted by Crippen LogP contribution is 2.23. The van der Waals surface area contributed by atoms with Crippen LogP contribution in [0.25, 0.3) is 0 Å². The molecule has 182 valence electrons. The Balaban J connectivity index is 1.51. The monoisotopic (exact) mass is 474 g/mol. The van der Waals surface area contributed by atoms with Gasteiger partial charge in [-0.05, 0) is 68.7 Å². The number of nitrogens with zero attached hydrogens (tertiary/aromatic N) is 1. The van der Waals surface area contributed by atoms with E-state index in [1.807, 2.05) is 18.2 Å². The van der Waals surface area contributed by atoms with E-state index in [1.165, 1.54) is 0 Å². The van der Waals surface area contributed by atoms with Gasteiger partial charge in [-0.2, -0.15) is 0 Å². The standard InChI is InChI=1S/C27H30N4O4/c1-27(2,3)35-26(34)31-23-9-5-4-8-22(23)30-25(33)21-12-10-19(11-13-21)14-16-29-24(32)17-20-7-6-15-28-18-20/h4-13,15,18H,14,16-17H2,1-3H3,(H,29,32)(H,30,33)(H,31,34). The lowest BCUT2D eigenvalue weighted by Crippen LogP contribution is -2.27. The zero-order valence-corrected chi connectivity index (χ0v) is 20.1. The number of aromatic nitrogens is 1. The molecule has 3 N–H and O–H groups in total. The van der Waals surface area contributed by atoms with Crippen LogP contribution in [0.1, 0.15) is 42.3 Å². The predicted molar refractivity (Wildman–Crippen MR) is 135 cm³/mol. The van der Waals surface area contributed by atoms with E-state index in [9.17, 15) is 14.4 Å². The molecule has 0 aliphatic carbocycles. The number of nitrogens with one attached hydrogen (secondary N) is 3. The van der Waals surface area contributed by atoms with Gasteiger partial charge in [0.05, 0.1) is 17.8 Å². The van der Waals surface area contributed by atoms with E-state index in [2.05, 4.69) is 20.9 Å². The van der Waals surface area contributed by atoms with Gasteiger partial charge in [-0.3, -0.25) is 19.9 Å². The quantitative estimate of drug-likeness (QED) is 0.443. The molecule has 3 amide bonds. The Bertz CT molecular complexity index is 1160. The highest BCUT2D eigenvalue weighted by molar-refractivity contribution is 6.06. The van der Waals surface area contributed by atoms with E-state index in [0.717, 1.165) is 11.1 Å². The van der Waals surface area contributed by atoms with Crippen molar-refractivity contribution in [3.8, 4) is 0 Å². The van der Waals surface area contributed by atoms with Gasteiger partial charge in [0.1, 0.15) is 5.60 Å². The van der Waals surface area contributed by atoms with Gasteiger partial charge in [0, 0.05) is 24.5 Å². The number of rotatable bonds is 8. The summed E-state index contributed by atoms with van der Waals surface area (Å²) in [5.41, 5.74) is 2.60. The second kappa shape index (κ2) is 11.8. The average molecular weight is 475 g/mol. The summed E-state index contributed by atoms with van der Waals surface area (Å²) in [5.74, 6) is -0.368. The molecular weight excluding hydrogens is 444 g/mol. The highest BCUT2D eigenvalue weighted by Gasteiger charge is 2.18. The molecule has 0 unspecified atom stereocenters. The average Bonchev–Trinajstić information content (AvgIpc) is 2.80. The van der Waals surface area contributed by atoms with Crippen molar-refractivity contribution >= 4 is 29.3 Å². The van der Waals surface area contributed by atoms with Gasteiger partial charge in [0.25, 0.3) is 5.91 Å². The van der Waals surface area contributed by atoms with Crippen molar-refractivity contribution in [1.82, 2.24) is 10.3 Å². The fourth-order valence-corrected chi connectivity index (χ4v) is 3.23. The van der Waals surface area contributed by atoms with Crippen LogP contribution in [0, 0.1) is 0 Å². The third kappa shape index (κ3) is 8.58. The number of pyridine rings is 1. The molecule has 3 aromatic rings. The van der Waals surface area contributed by atoms with E-state index in [0.29, 0.717) is 29.9 Å². The fraction of sp³-hybridized carbons (Fsp3) is 0.259. The van der Waals surface area contributed by atoms with Gasteiger partial charge in [-0.1, -0.05) is 30.3 Å². The minimum atomic E-state index is -0.633. The Morgan fingerprint density at radius 3 is 2.17 bits per heavy atom. The number of para-hydroxylation sites is 2. The molecule has 0 spiro atoms. The molecular formula is C27H30N4O4. The van der Waals surface area contributed by atoms with Gasteiger partial charge in [-0.15, -0.1) is 0 Å². The van der Waals surface area contributed by atoms with Crippen molar-refractivity contribution in [2.75, 3.05) is 17.2 Å². The zero-order chi connectivity index (χ0) is 25.3. The first-order valence-corrected chi connectivity index (χ1v) is 11.3. The molecule has 1 aromatic heterocycles. The summed E-state index contributed by atoms with van der Waals surface area (Å²) in [4.78, 5) is 40.9. The first-order valence-electron chi connectivity index (χ1n) is 11.3. The summed E-state index contributed by atoms with van der Waals surface area (Å²) < 4.78 is 5.28. The summed E-state index contributed by atoms with van der Waals surface area (Å²) in [6.45, 7) is 5.83. The summed E-state index contributed by atoms with van der Waals surface area (Å²) in [7, 11) is 0. The Morgan fingerprint density at radius 2 is 1.54 bits per heavy atom. The lowest BCUT2D eigenvalue weighted by Gasteiger charge is -2.20. The molecule has 0 saturated heterocycles. The minimum Gasteiger partial charge on any atom is -0.444 e. The lowest BCUT2D eigenvalue weighted by molar-refractivity contribution is -0.120. The smallest absolute Gasteiger partial charge is 0.412 e. The third-order valence-corrected chi connectivity index (χ3v) is 4.85. The predicted octanol–water partition coefficient (Wildman–Crippen LogP) is 4.58. The number of hydrogen-bond donors (Lipinski definition) is 3. The third-order valence-electron chi connectivity index (χ3n) is 4.85. The van der Waals surface area contributed by atoms with Crippen molar-refractivity contribution in [1.29, 1.82) is 0 Å². The van der Waals surface area contributed by atoms with Crippen LogP contribution in [0.2, 0.25) is 0 Å². The Labute approximate surface area is 205 Å². The maximum atomic E-state index is 12.8. The Morgan fingerprint density at radius 1 is 0.857 bits per heavy atom. The molecule has 0 radical (unpaired) electrons. The summed E-state index contributed by atoms with van der Waals surface area (Å²) in [6.07, 6.45) is 3.68. The SMILES string of the molecule is CC(C)(C)OC(=O)Nc1ccccc1NC(=O)c1ccc(CCNC(=O)Cc2cccnc2)cc1. The molecule has 3 rings (SSSR count). The van der Waals surface area contributed by atoms with Crippen molar-refractivity contribution in [2.45, 2.75) is 39.2 Å². The summed E-state index contributed by atoms with van der Waals surface area (Å²) >= 11 is 0. The van der Waals surface area contributed by atoms with Crippen molar-refractivity contribution in [3.63, 3.8) is 0 Å². The highest BCUT2D eigenvalue weighted by atomic mass is 16.6. The molecule has 8 nitrogen and oxygen atoms in total. The topological polar surface area (TPSA) is 109 Å². The molecule has 8 heteroatoms. The van der Waals surface area contributed by atoms with Crippen LogP contribution < -0.4 is 16.0 Å². The summed E-state index contributed by atoms with van der Waals surface area (Å²) in [5, 5.41) is 8.39. The van der Waals surface area contributed by atoms with Crippen molar-refractivity contribution in [2.24, 2.45) is 0 Å². The first kappa shape index (κ1) is 25.4. The molecule has 2 aromatic carbocycles. The number of amides is 3. The maximum absolute atomic E-state index is 12.8. The van der Waals surface area contributed by atoms with Crippen LogP contribution in [0.4, 0.5) is 16.2 Å². The molecule has 0 atom stereocenters. The molecule has 35 heavy (non-hydrogen) atoms. The largest absolute Gasteiger partial charge is 0.444 e. The molecule has 0 saturated carbocycles. The number of benzene rings is 2. The van der Waals surface area contributed by atoms with Crippen LogP contribution >= 0.6 is 0 Å². The first-order chi connectivity index (χ1) is 16.7. The second-order valence-corrected chi connectivity index (χ2v) is 8.96. The van der Waals surface area contributed by atoms with Crippen LogP contribution in [0.3, 0.4) is 0 Å². The van der Waals surface area contributed by atoms with E-state index in [4.69, 9.17) is 4.74 Å². The number of carbonyl (C=O) groups is 3.